The molecule has 0 saturated carbocycles. The highest BCUT2D eigenvalue weighted by atomic mass is 79.9. The zero-order chi connectivity index (χ0) is 27.8. The number of rotatable bonds is 5. The van der Waals surface area contributed by atoms with E-state index >= 15 is 0 Å². The second-order valence-corrected chi connectivity index (χ2v) is 11.2. The van der Waals surface area contributed by atoms with Crippen molar-refractivity contribution in [3.63, 3.8) is 0 Å². The molecule has 0 bridgehead atoms. The van der Waals surface area contributed by atoms with Crippen LogP contribution in [0.4, 0.5) is 16.0 Å². The molecule has 6 rings (SSSR count). The van der Waals surface area contributed by atoms with Gasteiger partial charge in [-0.3, -0.25) is 14.2 Å². The Bertz CT molecular complexity index is 1790. The van der Waals surface area contributed by atoms with Crippen LogP contribution in [0, 0.1) is 5.82 Å². The standard InChI is InChI=1S/C29H24BrFN4O4S/c1-17-24(26(36)33-20-5-3-2-4-6-20)25(18-7-9-19(31)10-8-18)35-27(37)23(40-29(35)32-17)16-21-15-22(30)28(39-21)34-11-13-38-14-12-34/h2-10,15-16,25H,11-14H2,1H3,(H,33,36)/b23-16+/t25-/m1/s1. The average molecular weight is 624 g/mol. The van der Waals surface area contributed by atoms with Gasteiger partial charge in [-0.2, -0.15) is 0 Å². The lowest BCUT2D eigenvalue weighted by Crippen LogP contribution is -2.40. The number of nitrogens with zero attached hydrogens (tertiary/aromatic N) is 3. The summed E-state index contributed by atoms with van der Waals surface area (Å²) in [5.41, 5.74) is 1.67. The van der Waals surface area contributed by atoms with Crippen molar-refractivity contribution in [1.82, 2.24) is 4.57 Å². The van der Waals surface area contributed by atoms with E-state index in [1.54, 1.807) is 37.3 Å². The molecule has 1 amide bonds. The fourth-order valence-corrected chi connectivity index (χ4v) is 6.44. The molecule has 4 aromatic rings. The number of anilines is 2. The Morgan fingerprint density at radius 2 is 1.88 bits per heavy atom. The van der Waals surface area contributed by atoms with Gasteiger partial charge in [0.05, 0.1) is 39.5 Å². The third kappa shape index (κ3) is 5.07. The van der Waals surface area contributed by atoms with Crippen LogP contribution in [0.25, 0.3) is 6.08 Å². The number of nitrogens with one attached hydrogen (secondary N) is 1. The molecule has 40 heavy (non-hydrogen) atoms. The summed E-state index contributed by atoms with van der Waals surface area (Å²) in [5, 5.41) is 2.91. The van der Waals surface area contributed by atoms with Gasteiger partial charge in [-0.25, -0.2) is 9.38 Å². The molecule has 1 atom stereocenters. The van der Waals surface area contributed by atoms with E-state index in [9.17, 15) is 14.0 Å². The van der Waals surface area contributed by atoms with E-state index < -0.39 is 11.9 Å². The average Bonchev–Trinajstić information content (AvgIpc) is 3.47. The molecule has 2 aromatic heterocycles. The molecular formula is C29H24BrFN4O4S. The van der Waals surface area contributed by atoms with E-state index in [0.29, 0.717) is 69.8 Å². The molecule has 0 aliphatic carbocycles. The number of allylic oxidation sites excluding steroid dienone is 1. The smallest absolute Gasteiger partial charge is 0.271 e. The number of carbonyl (C=O) groups is 1. The van der Waals surface area contributed by atoms with Gasteiger partial charge in [-0.1, -0.05) is 41.7 Å². The first-order chi connectivity index (χ1) is 19.4. The number of aromatic nitrogens is 1. The van der Waals surface area contributed by atoms with Crippen molar-refractivity contribution in [2.75, 3.05) is 36.5 Å². The topological polar surface area (TPSA) is 89.1 Å². The van der Waals surface area contributed by atoms with Crippen LogP contribution in [-0.4, -0.2) is 36.8 Å². The van der Waals surface area contributed by atoms with E-state index in [1.807, 2.05) is 24.3 Å². The van der Waals surface area contributed by atoms with Crippen molar-refractivity contribution >= 4 is 50.8 Å². The van der Waals surface area contributed by atoms with Gasteiger partial charge < -0.3 is 19.4 Å². The number of hydrogen-bond acceptors (Lipinski definition) is 7. The molecule has 0 radical (unpaired) electrons. The Labute approximate surface area is 240 Å². The number of fused-ring (bicyclic) bond motifs is 1. The van der Waals surface area contributed by atoms with E-state index in [0.717, 1.165) is 4.47 Å². The molecule has 2 aliphatic rings. The van der Waals surface area contributed by atoms with Crippen molar-refractivity contribution in [3.8, 4) is 0 Å². The highest BCUT2D eigenvalue weighted by molar-refractivity contribution is 9.10. The zero-order valence-electron chi connectivity index (χ0n) is 21.4. The number of morpholine rings is 1. The first kappa shape index (κ1) is 26.4. The molecular weight excluding hydrogens is 599 g/mol. The van der Waals surface area contributed by atoms with E-state index in [-0.39, 0.29) is 11.5 Å². The lowest BCUT2D eigenvalue weighted by molar-refractivity contribution is -0.113. The molecule has 0 unspecified atom stereocenters. The van der Waals surface area contributed by atoms with Crippen LogP contribution < -0.4 is 25.1 Å². The lowest BCUT2D eigenvalue weighted by atomic mass is 9.95. The molecule has 4 heterocycles. The summed E-state index contributed by atoms with van der Waals surface area (Å²) in [6, 6.07) is 15.9. The van der Waals surface area contributed by atoms with Crippen molar-refractivity contribution in [1.29, 1.82) is 0 Å². The molecule has 8 nitrogen and oxygen atoms in total. The van der Waals surface area contributed by atoms with Crippen molar-refractivity contribution in [2.45, 2.75) is 13.0 Å². The Hall–Kier alpha value is -3.80. The summed E-state index contributed by atoms with van der Waals surface area (Å²) in [4.78, 5) is 34.6. The van der Waals surface area contributed by atoms with Crippen LogP contribution in [-0.2, 0) is 9.53 Å². The summed E-state index contributed by atoms with van der Waals surface area (Å²) in [5.74, 6) is 0.393. The third-order valence-corrected chi connectivity index (χ3v) is 8.29. The third-order valence-electron chi connectivity index (χ3n) is 6.74. The van der Waals surface area contributed by atoms with E-state index in [1.165, 1.54) is 28.0 Å². The Balaban J connectivity index is 1.44. The second kappa shape index (κ2) is 11.0. The number of halogens is 2. The SMILES string of the molecule is CC1=C(C(=O)Nc2ccccc2)[C@@H](c2ccc(F)cc2)n2c(s/c(=C/c3cc(Br)c(N4CCOCC4)o3)c2=O)=N1. The highest BCUT2D eigenvalue weighted by Crippen LogP contribution is 2.32. The van der Waals surface area contributed by atoms with Crippen LogP contribution in [0.2, 0.25) is 0 Å². The Morgan fingerprint density at radius 1 is 1.15 bits per heavy atom. The van der Waals surface area contributed by atoms with Crippen LogP contribution in [0.15, 0.2) is 90.6 Å². The van der Waals surface area contributed by atoms with Crippen molar-refractivity contribution < 1.29 is 18.3 Å². The number of ether oxygens (including phenoxy) is 1. The van der Waals surface area contributed by atoms with Crippen molar-refractivity contribution in [3.05, 3.63) is 113 Å². The zero-order valence-corrected chi connectivity index (χ0v) is 23.8. The van der Waals surface area contributed by atoms with Crippen LogP contribution in [0.1, 0.15) is 24.3 Å². The Kier molecular flexibility index (Phi) is 7.26. The fourth-order valence-electron chi connectivity index (χ4n) is 4.85. The minimum atomic E-state index is -0.796. The maximum Gasteiger partial charge on any atom is 0.271 e. The van der Waals surface area contributed by atoms with Gasteiger partial charge in [0.25, 0.3) is 11.5 Å². The molecule has 1 N–H and O–H groups in total. The quantitative estimate of drug-likeness (QED) is 0.360. The number of amides is 1. The van der Waals surface area contributed by atoms with E-state index in [2.05, 4.69) is 31.1 Å². The number of benzene rings is 2. The molecule has 1 saturated heterocycles. The fraction of sp³-hybridized carbons (Fsp3) is 0.207. The molecule has 2 aliphatic heterocycles. The minimum absolute atomic E-state index is 0.310. The van der Waals surface area contributed by atoms with Crippen LogP contribution in [0.5, 0.6) is 0 Å². The van der Waals surface area contributed by atoms with Gasteiger partial charge in [0.15, 0.2) is 4.80 Å². The monoisotopic (exact) mass is 622 g/mol. The van der Waals surface area contributed by atoms with E-state index in [4.69, 9.17) is 9.15 Å². The van der Waals surface area contributed by atoms with Gasteiger partial charge in [0.1, 0.15) is 11.6 Å². The maximum absolute atomic E-state index is 13.9. The van der Waals surface area contributed by atoms with Gasteiger partial charge in [0, 0.05) is 30.9 Å². The number of thiazole rings is 1. The molecule has 2 aromatic carbocycles. The van der Waals surface area contributed by atoms with Gasteiger partial charge in [-0.15, -0.1) is 0 Å². The maximum atomic E-state index is 13.9. The first-order valence-electron chi connectivity index (χ1n) is 12.7. The first-order valence-corrected chi connectivity index (χ1v) is 14.3. The molecule has 1 fully saturated rings. The summed E-state index contributed by atoms with van der Waals surface area (Å²) >= 11 is 4.78. The highest BCUT2D eigenvalue weighted by Gasteiger charge is 2.32. The molecule has 0 spiro atoms. The van der Waals surface area contributed by atoms with Crippen LogP contribution in [0.3, 0.4) is 0 Å². The predicted molar refractivity (Wildman–Crippen MR) is 155 cm³/mol. The molecule has 204 valence electrons. The van der Waals surface area contributed by atoms with Gasteiger partial charge in [-0.05, 0) is 52.7 Å². The summed E-state index contributed by atoms with van der Waals surface area (Å²) in [6.07, 6.45) is 1.68. The number of carbonyl (C=O) groups excluding carboxylic acids is 1. The van der Waals surface area contributed by atoms with Crippen LogP contribution >= 0.6 is 27.3 Å². The second-order valence-electron chi connectivity index (χ2n) is 9.35. The summed E-state index contributed by atoms with van der Waals surface area (Å²) < 4.78 is 28.1. The molecule has 11 heteroatoms. The summed E-state index contributed by atoms with van der Waals surface area (Å²) in [7, 11) is 0. The number of hydrogen-bond donors (Lipinski definition) is 1. The van der Waals surface area contributed by atoms with Gasteiger partial charge >= 0.3 is 0 Å². The largest absolute Gasteiger partial charge is 0.440 e. The minimum Gasteiger partial charge on any atom is -0.440 e. The number of para-hydroxylation sites is 1. The lowest BCUT2D eigenvalue weighted by Gasteiger charge is -2.26. The van der Waals surface area contributed by atoms with Crippen molar-refractivity contribution in [2.24, 2.45) is 4.99 Å². The Morgan fingerprint density at radius 3 is 2.60 bits per heavy atom. The predicted octanol–water partition coefficient (Wildman–Crippen LogP) is 4.21. The number of furan rings is 1. The van der Waals surface area contributed by atoms with Gasteiger partial charge in [0.2, 0.25) is 5.88 Å². The normalized spacial score (nSPS) is 17.5. The summed E-state index contributed by atoms with van der Waals surface area (Å²) in [6.45, 7) is 4.39.